The fraction of sp³-hybridized carbons (Fsp3) is 0.333. The van der Waals surface area contributed by atoms with Crippen LogP contribution >= 0.6 is 0 Å². The van der Waals surface area contributed by atoms with Crippen molar-refractivity contribution in [2.75, 3.05) is 36.0 Å². The zero-order chi connectivity index (χ0) is 21.9. The highest BCUT2D eigenvalue weighted by Crippen LogP contribution is 2.33. The molecule has 1 fully saturated rings. The van der Waals surface area contributed by atoms with Gasteiger partial charge in [-0.25, -0.2) is 13.4 Å². The first-order chi connectivity index (χ1) is 14.3. The summed E-state index contributed by atoms with van der Waals surface area (Å²) in [5.41, 5.74) is 0.0100. The third kappa shape index (κ3) is 4.16. The van der Waals surface area contributed by atoms with Gasteiger partial charge in [0.05, 0.1) is 15.4 Å². The maximum Gasteiger partial charge on any atom is 0.341 e. The van der Waals surface area contributed by atoms with Crippen LogP contribution in [-0.2, 0) is 9.84 Å². The van der Waals surface area contributed by atoms with Gasteiger partial charge in [0.25, 0.3) is 5.69 Å². The molecule has 1 aliphatic rings. The van der Waals surface area contributed by atoms with E-state index in [0.29, 0.717) is 50.0 Å². The number of pyridine rings is 1. The van der Waals surface area contributed by atoms with Crippen molar-refractivity contribution in [2.45, 2.75) is 17.1 Å². The number of hydrogen-bond donors (Lipinski definition) is 0. The van der Waals surface area contributed by atoms with Crippen LogP contribution in [0.4, 0.5) is 26.0 Å². The summed E-state index contributed by atoms with van der Waals surface area (Å²) in [6, 6.07) is 8.21. The Balaban J connectivity index is 1.89. The van der Waals surface area contributed by atoms with Gasteiger partial charge in [0.1, 0.15) is 17.6 Å². The monoisotopic (exact) mass is 437 g/mol. The van der Waals surface area contributed by atoms with E-state index in [2.05, 4.69) is 11.1 Å². The summed E-state index contributed by atoms with van der Waals surface area (Å²) in [6.07, 6.45) is 2.17. The fourth-order valence-corrected chi connectivity index (χ4v) is 4.04. The quantitative estimate of drug-likeness (QED) is 0.517. The Kier molecular flexibility index (Phi) is 6.12. The van der Waals surface area contributed by atoms with Gasteiger partial charge in [0.15, 0.2) is 0 Å². The van der Waals surface area contributed by atoms with Crippen LogP contribution in [0.25, 0.3) is 0 Å². The molecular weight excluding hydrogens is 420 g/mol. The van der Waals surface area contributed by atoms with E-state index >= 15 is 0 Å². The molecule has 0 radical (unpaired) electrons. The number of anilines is 2. The van der Waals surface area contributed by atoms with Gasteiger partial charge in [-0.15, -0.1) is 0 Å². The number of nitro groups is 1. The zero-order valence-electron chi connectivity index (χ0n) is 15.6. The van der Waals surface area contributed by atoms with Crippen molar-refractivity contribution in [1.29, 1.82) is 5.26 Å². The van der Waals surface area contributed by atoms with Crippen LogP contribution in [0.3, 0.4) is 0 Å². The number of halogens is 2. The lowest BCUT2D eigenvalue weighted by Gasteiger charge is -2.24. The smallest absolute Gasteiger partial charge is 0.341 e. The van der Waals surface area contributed by atoms with Gasteiger partial charge in [-0.05, 0) is 30.7 Å². The molecule has 0 bridgehead atoms. The van der Waals surface area contributed by atoms with E-state index in [1.807, 2.05) is 4.90 Å². The molecule has 0 unspecified atom stereocenters. The van der Waals surface area contributed by atoms with E-state index < -0.39 is 31.1 Å². The van der Waals surface area contributed by atoms with E-state index in [-0.39, 0.29) is 5.69 Å². The number of sulfone groups is 1. The summed E-state index contributed by atoms with van der Waals surface area (Å²) in [5, 5.41) is 20.8. The Labute approximate surface area is 171 Å². The third-order valence-electron chi connectivity index (χ3n) is 4.75. The summed E-state index contributed by atoms with van der Waals surface area (Å²) in [5.74, 6) is -3.14. The van der Waals surface area contributed by atoms with Crippen LogP contribution in [0.15, 0.2) is 41.4 Å². The van der Waals surface area contributed by atoms with Crippen LogP contribution in [-0.4, -0.2) is 50.3 Å². The maximum atomic E-state index is 12.8. The molecule has 0 spiro atoms. The van der Waals surface area contributed by atoms with E-state index in [1.54, 1.807) is 23.2 Å². The normalized spacial score (nSPS) is 15.0. The number of nitro benzene ring substituents is 1. The van der Waals surface area contributed by atoms with Crippen molar-refractivity contribution in [3.05, 3.63) is 52.2 Å². The van der Waals surface area contributed by atoms with Crippen LogP contribution < -0.4 is 9.80 Å². The van der Waals surface area contributed by atoms with Gasteiger partial charge in [-0.2, -0.15) is 14.0 Å². The highest BCUT2D eigenvalue weighted by Gasteiger charge is 2.31. The molecule has 2 heterocycles. The predicted octanol–water partition coefficient (Wildman–Crippen LogP) is 2.57. The Morgan fingerprint density at radius 3 is 2.53 bits per heavy atom. The molecule has 1 aromatic carbocycles. The van der Waals surface area contributed by atoms with Gasteiger partial charge in [0.2, 0.25) is 9.84 Å². The molecule has 9 nitrogen and oxygen atoms in total. The van der Waals surface area contributed by atoms with E-state index in [0.717, 1.165) is 6.07 Å². The summed E-state index contributed by atoms with van der Waals surface area (Å²) >= 11 is 0. The lowest BCUT2D eigenvalue weighted by Crippen LogP contribution is -2.32. The van der Waals surface area contributed by atoms with E-state index in [1.165, 1.54) is 6.07 Å². The number of aromatic nitrogens is 1. The number of nitrogens with zero attached hydrogens (tertiary/aromatic N) is 5. The lowest BCUT2D eigenvalue weighted by atomic mass is 10.2. The highest BCUT2D eigenvalue weighted by atomic mass is 32.2. The average molecular weight is 437 g/mol. The summed E-state index contributed by atoms with van der Waals surface area (Å²) in [6.45, 7) is 1.74. The molecule has 0 saturated carbocycles. The lowest BCUT2D eigenvalue weighted by molar-refractivity contribution is -0.384. The molecule has 12 heteroatoms. The largest absolute Gasteiger partial charge is 0.364 e. The van der Waals surface area contributed by atoms with Gasteiger partial charge >= 0.3 is 5.76 Å². The average Bonchev–Trinajstić information content (AvgIpc) is 2.99. The van der Waals surface area contributed by atoms with Gasteiger partial charge in [-0.1, -0.05) is 0 Å². The molecule has 1 aromatic heterocycles. The fourth-order valence-electron chi connectivity index (χ4n) is 3.30. The van der Waals surface area contributed by atoms with Crippen LogP contribution in [0.2, 0.25) is 0 Å². The number of alkyl halides is 2. The highest BCUT2D eigenvalue weighted by molar-refractivity contribution is 7.91. The minimum Gasteiger partial charge on any atom is -0.364 e. The molecule has 1 aliphatic heterocycles. The van der Waals surface area contributed by atoms with Crippen LogP contribution in [0, 0.1) is 21.4 Å². The number of nitriles is 1. The first kappa shape index (κ1) is 21.4. The minimum absolute atomic E-state index is 0.150. The standard InChI is InChI=1S/C18H17F2N5O4S/c19-18(20)30(28,29)14-4-5-15(16(11-14)25(26)27)23-7-2-8-24(10-9-23)17-13(12-21)3-1-6-22-17/h1,3-6,11,18H,2,7-10H2. The van der Waals surface area contributed by atoms with Gasteiger partial charge in [-0.3, -0.25) is 10.1 Å². The second-order valence-corrected chi connectivity index (χ2v) is 8.45. The van der Waals surface area contributed by atoms with Crippen molar-refractivity contribution in [1.82, 2.24) is 4.98 Å². The SMILES string of the molecule is N#Cc1cccnc1N1CCCN(c2ccc(S(=O)(=O)C(F)F)cc2[N+](=O)[O-])CC1. The summed E-state index contributed by atoms with van der Waals surface area (Å²) in [7, 11) is -4.94. The predicted molar refractivity (Wildman–Crippen MR) is 104 cm³/mol. The number of rotatable bonds is 5. The van der Waals surface area contributed by atoms with Gasteiger partial charge < -0.3 is 9.80 Å². The molecule has 3 rings (SSSR count). The van der Waals surface area contributed by atoms with Crippen LogP contribution in [0.1, 0.15) is 12.0 Å². The minimum atomic E-state index is -4.94. The van der Waals surface area contributed by atoms with Crippen molar-refractivity contribution in [3.8, 4) is 6.07 Å². The molecule has 1 saturated heterocycles. The second-order valence-electron chi connectivity index (χ2n) is 6.53. The Morgan fingerprint density at radius 2 is 1.87 bits per heavy atom. The zero-order valence-corrected chi connectivity index (χ0v) is 16.4. The van der Waals surface area contributed by atoms with Crippen molar-refractivity contribution in [3.63, 3.8) is 0 Å². The summed E-state index contributed by atoms with van der Waals surface area (Å²) in [4.78, 5) is 17.8. The molecule has 0 atom stereocenters. The van der Waals surface area contributed by atoms with Crippen molar-refractivity contribution < 1.29 is 22.1 Å². The maximum absolute atomic E-state index is 12.8. The first-order valence-electron chi connectivity index (χ1n) is 8.91. The molecular formula is C18H17F2N5O4S. The third-order valence-corrected chi connectivity index (χ3v) is 6.13. The molecule has 0 N–H and O–H groups in total. The first-order valence-corrected chi connectivity index (χ1v) is 10.5. The topological polar surface area (TPSA) is 120 Å². The Hall–Kier alpha value is -3.33. The molecule has 0 amide bonds. The van der Waals surface area contributed by atoms with Crippen LogP contribution in [0.5, 0.6) is 0 Å². The Morgan fingerprint density at radius 1 is 1.17 bits per heavy atom. The van der Waals surface area contributed by atoms with Crippen molar-refractivity contribution in [2.24, 2.45) is 0 Å². The Bertz CT molecular complexity index is 1100. The van der Waals surface area contributed by atoms with Gasteiger partial charge in [0, 0.05) is 38.4 Å². The molecule has 158 valence electrons. The number of hydrogen-bond acceptors (Lipinski definition) is 8. The second kappa shape index (κ2) is 8.58. The number of benzene rings is 1. The van der Waals surface area contributed by atoms with Crippen molar-refractivity contribution >= 4 is 27.0 Å². The van der Waals surface area contributed by atoms with E-state index in [9.17, 15) is 32.6 Å². The molecule has 0 aliphatic carbocycles. The molecule has 2 aromatic rings. The summed E-state index contributed by atoms with van der Waals surface area (Å²) < 4.78 is 49.0. The molecule has 30 heavy (non-hydrogen) atoms. The van der Waals surface area contributed by atoms with E-state index in [4.69, 9.17) is 0 Å².